The Morgan fingerprint density at radius 1 is 1.19 bits per heavy atom. The Kier molecular flexibility index (Phi) is 4.20. The third-order valence-corrected chi connectivity index (χ3v) is 5.68. The van der Waals surface area contributed by atoms with Gasteiger partial charge in [-0.3, -0.25) is 9.59 Å². The zero-order valence-electron chi connectivity index (χ0n) is 12.5. The van der Waals surface area contributed by atoms with Crippen LogP contribution in [0.2, 0.25) is 0 Å². The number of hydrogen-bond donors (Lipinski definition) is 2. The molecule has 2 aliphatic carbocycles. The summed E-state index contributed by atoms with van der Waals surface area (Å²) < 4.78 is 5.32. The lowest BCUT2D eigenvalue weighted by Crippen LogP contribution is -2.53. The fraction of sp³-hybridized carbons (Fsp3) is 0.875. The van der Waals surface area contributed by atoms with Gasteiger partial charge < -0.3 is 15.2 Å². The lowest BCUT2D eigenvalue weighted by atomic mass is 9.84. The maximum absolute atomic E-state index is 12.4. The topological polar surface area (TPSA) is 75.6 Å². The third-order valence-electron chi connectivity index (χ3n) is 5.68. The van der Waals surface area contributed by atoms with Crippen molar-refractivity contribution < 1.29 is 19.4 Å². The van der Waals surface area contributed by atoms with E-state index in [0.717, 1.165) is 11.8 Å². The maximum Gasteiger partial charge on any atom is 0.305 e. The Bertz CT molecular complexity index is 417. The number of rotatable bonds is 5. The number of carbonyl (C=O) groups excluding carboxylic acids is 1. The Labute approximate surface area is 125 Å². The van der Waals surface area contributed by atoms with Gasteiger partial charge in [0.25, 0.3) is 0 Å². The Balaban J connectivity index is 1.57. The highest BCUT2D eigenvalue weighted by atomic mass is 16.5. The molecule has 1 saturated heterocycles. The molecule has 1 heterocycles. The summed E-state index contributed by atoms with van der Waals surface area (Å²) in [6.45, 7) is 1.06. The van der Waals surface area contributed by atoms with Gasteiger partial charge in [-0.25, -0.2) is 0 Å². The minimum absolute atomic E-state index is 0.00117. The zero-order chi connectivity index (χ0) is 14.9. The molecule has 3 unspecified atom stereocenters. The van der Waals surface area contributed by atoms with Crippen molar-refractivity contribution >= 4 is 11.9 Å². The first-order valence-electron chi connectivity index (χ1n) is 8.17. The Morgan fingerprint density at radius 2 is 1.95 bits per heavy atom. The molecular weight excluding hydrogens is 270 g/mol. The zero-order valence-corrected chi connectivity index (χ0v) is 12.5. The van der Waals surface area contributed by atoms with E-state index in [1.165, 1.54) is 25.7 Å². The second kappa shape index (κ2) is 5.95. The van der Waals surface area contributed by atoms with Crippen molar-refractivity contribution in [1.82, 2.24) is 5.32 Å². The molecule has 2 N–H and O–H groups in total. The predicted octanol–water partition coefficient (Wildman–Crippen LogP) is 1.95. The molecule has 0 radical (unpaired) electrons. The number of fused-ring (bicyclic) bond motifs is 2. The standard InChI is InChI=1S/C16H25NO4/c18-14(9-13-8-11-1-2-12(13)7-11)17-16(10-15(19)20)3-5-21-6-4-16/h11-13H,1-10H2,(H,17,18)(H,19,20). The Morgan fingerprint density at radius 3 is 2.52 bits per heavy atom. The van der Waals surface area contributed by atoms with Crippen molar-refractivity contribution in [2.24, 2.45) is 17.8 Å². The van der Waals surface area contributed by atoms with Crippen molar-refractivity contribution in [2.45, 2.75) is 56.9 Å². The Hall–Kier alpha value is -1.10. The van der Waals surface area contributed by atoms with E-state index >= 15 is 0 Å². The maximum atomic E-state index is 12.4. The molecule has 3 aliphatic rings. The van der Waals surface area contributed by atoms with E-state index in [2.05, 4.69) is 5.32 Å². The van der Waals surface area contributed by atoms with Crippen LogP contribution >= 0.6 is 0 Å². The fourth-order valence-corrected chi connectivity index (χ4v) is 4.61. The number of carbonyl (C=O) groups is 2. The number of amides is 1. The van der Waals surface area contributed by atoms with Crippen molar-refractivity contribution in [3.63, 3.8) is 0 Å². The molecule has 1 amide bonds. The molecule has 0 aromatic carbocycles. The molecule has 118 valence electrons. The third kappa shape index (κ3) is 3.39. The average molecular weight is 295 g/mol. The molecule has 3 fully saturated rings. The van der Waals surface area contributed by atoms with Gasteiger partial charge in [-0.15, -0.1) is 0 Å². The second-order valence-corrected chi connectivity index (χ2v) is 7.15. The van der Waals surface area contributed by atoms with Crippen LogP contribution < -0.4 is 5.32 Å². The molecule has 2 saturated carbocycles. The molecule has 2 bridgehead atoms. The smallest absolute Gasteiger partial charge is 0.305 e. The van der Waals surface area contributed by atoms with Crippen LogP contribution in [0.15, 0.2) is 0 Å². The van der Waals surface area contributed by atoms with Crippen LogP contribution in [-0.4, -0.2) is 35.7 Å². The molecule has 1 aliphatic heterocycles. The van der Waals surface area contributed by atoms with E-state index in [1.807, 2.05) is 0 Å². The van der Waals surface area contributed by atoms with Gasteiger partial charge >= 0.3 is 5.97 Å². The first-order valence-corrected chi connectivity index (χ1v) is 8.17. The average Bonchev–Trinajstić information content (AvgIpc) is 3.00. The number of aliphatic carboxylic acids is 1. The first-order chi connectivity index (χ1) is 10.1. The molecule has 5 heteroatoms. The highest BCUT2D eigenvalue weighted by molar-refractivity contribution is 5.78. The molecule has 21 heavy (non-hydrogen) atoms. The number of ether oxygens (including phenoxy) is 1. The normalized spacial score (nSPS) is 33.8. The summed E-state index contributed by atoms with van der Waals surface area (Å²) in [6, 6.07) is 0. The van der Waals surface area contributed by atoms with Crippen LogP contribution in [-0.2, 0) is 14.3 Å². The molecule has 3 atom stereocenters. The van der Waals surface area contributed by atoms with E-state index in [-0.39, 0.29) is 12.3 Å². The van der Waals surface area contributed by atoms with Gasteiger partial charge in [0.15, 0.2) is 0 Å². The molecular formula is C16H25NO4. The van der Waals surface area contributed by atoms with Crippen LogP contribution in [0.25, 0.3) is 0 Å². The fourth-order valence-electron chi connectivity index (χ4n) is 4.61. The van der Waals surface area contributed by atoms with Gasteiger partial charge in [0.1, 0.15) is 0 Å². The molecule has 3 rings (SSSR count). The molecule has 5 nitrogen and oxygen atoms in total. The van der Waals surface area contributed by atoms with Crippen LogP contribution in [0.4, 0.5) is 0 Å². The van der Waals surface area contributed by atoms with Gasteiger partial charge in [-0.05, 0) is 49.9 Å². The number of carboxylic acid groups (broad SMARTS) is 1. The van der Waals surface area contributed by atoms with Crippen LogP contribution in [0, 0.1) is 17.8 Å². The quantitative estimate of drug-likeness (QED) is 0.813. The summed E-state index contributed by atoms with van der Waals surface area (Å²) in [5.41, 5.74) is -0.598. The minimum Gasteiger partial charge on any atom is -0.481 e. The van der Waals surface area contributed by atoms with Gasteiger partial charge in [-0.2, -0.15) is 0 Å². The van der Waals surface area contributed by atoms with Crippen molar-refractivity contribution in [2.75, 3.05) is 13.2 Å². The van der Waals surface area contributed by atoms with Gasteiger partial charge in [0.2, 0.25) is 5.91 Å². The van der Waals surface area contributed by atoms with E-state index < -0.39 is 11.5 Å². The van der Waals surface area contributed by atoms with Gasteiger partial charge in [0, 0.05) is 19.6 Å². The highest BCUT2D eigenvalue weighted by Gasteiger charge is 2.42. The van der Waals surface area contributed by atoms with Crippen molar-refractivity contribution in [3.05, 3.63) is 0 Å². The summed E-state index contributed by atoms with van der Waals surface area (Å²) in [5.74, 6) is 1.27. The van der Waals surface area contributed by atoms with E-state index in [9.17, 15) is 9.59 Å². The lowest BCUT2D eigenvalue weighted by molar-refractivity contribution is -0.140. The summed E-state index contributed by atoms with van der Waals surface area (Å²) in [5, 5.41) is 12.2. The van der Waals surface area contributed by atoms with Gasteiger partial charge in [0.05, 0.1) is 12.0 Å². The van der Waals surface area contributed by atoms with Crippen LogP contribution in [0.5, 0.6) is 0 Å². The lowest BCUT2D eigenvalue weighted by Gasteiger charge is -2.37. The second-order valence-electron chi connectivity index (χ2n) is 7.15. The summed E-state index contributed by atoms with van der Waals surface area (Å²) in [6.07, 6.45) is 6.87. The number of hydrogen-bond acceptors (Lipinski definition) is 3. The number of nitrogens with one attached hydrogen (secondary N) is 1. The van der Waals surface area contributed by atoms with E-state index in [0.29, 0.717) is 38.4 Å². The van der Waals surface area contributed by atoms with Crippen molar-refractivity contribution in [1.29, 1.82) is 0 Å². The molecule has 0 aromatic rings. The first kappa shape index (κ1) is 14.8. The van der Waals surface area contributed by atoms with Crippen LogP contribution in [0.3, 0.4) is 0 Å². The van der Waals surface area contributed by atoms with Gasteiger partial charge in [-0.1, -0.05) is 6.42 Å². The largest absolute Gasteiger partial charge is 0.481 e. The predicted molar refractivity (Wildman–Crippen MR) is 76.7 cm³/mol. The molecule has 0 aromatic heterocycles. The highest BCUT2D eigenvalue weighted by Crippen LogP contribution is 2.49. The van der Waals surface area contributed by atoms with E-state index in [1.54, 1.807) is 0 Å². The number of carboxylic acids is 1. The molecule has 0 spiro atoms. The SMILES string of the molecule is O=C(O)CC1(NC(=O)CC2CC3CCC2C3)CCOCC1. The van der Waals surface area contributed by atoms with E-state index in [4.69, 9.17) is 9.84 Å². The minimum atomic E-state index is -0.850. The summed E-state index contributed by atoms with van der Waals surface area (Å²) >= 11 is 0. The summed E-state index contributed by atoms with van der Waals surface area (Å²) in [4.78, 5) is 23.5. The monoisotopic (exact) mass is 295 g/mol. The van der Waals surface area contributed by atoms with Crippen molar-refractivity contribution in [3.8, 4) is 0 Å². The van der Waals surface area contributed by atoms with Crippen LogP contribution in [0.1, 0.15) is 51.4 Å². The summed E-state index contributed by atoms with van der Waals surface area (Å²) in [7, 11) is 0.